The molecule has 0 amide bonds. The molecule has 4 heterocycles. The van der Waals surface area contributed by atoms with Gasteiger partial charge in [0.15, 0.2) is 34.9 Å². The molecule has 8 nitrogen and oxygen atoms in total. The highest BCUT2D eigenvalue weighted by Crippen LogP contribution is 2.44. The molecule has 0 N–H and O–H groups in total. The Morgan fingerprint density at radius 3 is 0.657 bits per heavy atom. The molecule has 0 saturated carbocycles. The van der Waals surface area contributed by atoms with Crippen molar-refractivity contribution in [2.45, 2.75) is 27.7 Å². The van der Waals surface area contributed by atoms with Crippen LogP contribution < -0.4 is 0 Å². The van der Waals surface area contributed by atoms with Crippen molar-refractivity contribution < 1.29 is 0 Å². The number of nitrogens with zero attached hydrogens (tertiary/aromatic N) is 8. The van der Waals surface area contributed by atoms with E-state index in [2.05, 4.69) is 316 Å². The number of aryl methyl sites for hydroxylation is 4. The number of benzene rings is 15. The van der Waals surface area contributed by atoms with E-state index in [0.29, 0.717) is 34.9 Å². The van der Waals surface area contributed by atoms with Gasteiger partial charge < -0.3 is 9.13 Å². The van der Waals surface area contributed by atoms with Crippen molar-refractivity contribution in [1.29, 1.82) is 0 Å². The molecule has 19 aromatic rings. The van der Waals surface area contributed by atoms with E-state index < -0.39 is 0 Å². The summed E-state index contributed by atoms with van der Waals surface area (Å²) >= 11 is 0. The van der Waals surface area contributed by atoms with Gasteiger partial charge in [0.05, 0.1) is 22.1 Å². The summed E-state index contributed by atoms with van der Waals surface area (Å²) in [5.41, 5.74) is 29.7. The number of fused-ring (bicyclic) bond motifs is 6. The van der Waals surface area contributed by atoms with Crippen molar-refractivity contribution in [3.05, 3.63) is 374 Å². The number of aromatic nitrogens is 8. The number of rotatable bonds is 14. The Labute approximate surface area is 627 Å². The zero-order chi connectivity index (χ0) is 72.3. The summed E-state index contributed by atoms with van der Waals surface area (Å²) in [6.45, 7) is 8.77. The second-order valence-electron chi connectivity index (χ2n) is 28.1. The zero-order valence-electron chi connectivity index (χ0n) is 60.1. The fourth-order valence-electron chi connectivity index (χ4n) is 15.7. The van der Waals surface area contributed by atoms with Crippen LogP contribution >= 0.6 is 0 Å². The van der Waals surface area contributed by atoms with Gasteiger partial charge in [-0.05, 0) is 208 Å². The van der Waals surface area contributed by atoms with Gasteiger partial charge in [-0.2, -0.15) is 0 Å². The van der Waals surface area contributed by atoms with Gasteiger partial charge in [0.1, 0.15) is 0 Å². The third-order valence-electron chi connectivity index (χ3n) is 21.2. The molecule has 0 spiro atoms. The zero-order valence-corrected chi connectivity index (χ0v) is 60.1. The van der Waals surface area contributed by atoms with Crippen LogP contribution in [0.4, 0.5) is 0 Å². The van der Waals surface area contributed by atoms with Crippen LogP contribution in [0.5, 0.6) is 0 Å². The van der Waals surface area contributed by atoms with E-state index >= 15 is 0 Å². The van der Waals surface area contributed by atoms with E-state index in [0.717, 1.165) is 133 Å². The van der Waals surface area contributed by atoms with Crippen molar-refractivity contribution >= 4 is 43.6 Å². The monoisotopic (exact) mass is 1380 g/mol. The summed E-state index contributed by atoms with van der Waals surface area (Å²) in [6.07, 6.45) is 0. The molecule has 0 aliphatic carbocycles. The molecule has 0 saturated heterocycles. The average molecular weight is 1380 g/mol. The Balaban J connectivity index is 0.856. The predicted molar refractivity (Wildman–Crippen MR) is 446 cm³/mol. The molecule has 0 atom stereocenters. The highest BCUT2D eigenvalue weighted by molar-refractivity contribution is 6.13. The summed E-state index contributed by atoms with van der Waals surface area (Å²) < 4.78 is 4.86. The minimum absolute atomic E-state index is 0.550. The first-order chi connectivity index (χ1) is 53.1. The van der Waals surface area contributed by atoms with Crippen LogP contribution in [0.15, 0.2) is 352 Å². The second-order valence-corrected chi connectivity index (χ2v) is 28.1. The Hall–Kier alpha value is -14.1. The Kier molecular flexibility index (Phi) is 16.3. The lowest BCUT2D eigenvalue weighted by Crippen LogP contribution is -2.02. The summed E-state index contributed by atoms with van der Waals surface area (Å²) in [4.78, 5) is 32.0. The Bertz CT molecular complexity index is 5990. The molecule has 0 aliphatic rings. The van der Waals surface area contributed by atoms with Crippen molar-refractivity contribution in [3.8, 4) is 146 Å². The van der Waals surface area contributed by atoms with Gasteiger partial charge in [0, 0.05) is 66.3 Å². The van der Waals surface area contributed by atoms with Gasteiger partial charge in [0.25, 0.3) is 0 Å². The molecule has 0 radical (unpaired) electrons. The standard InChI is InChI=1S/C100H70N8/c1-63-26-17-21-40-83(63)73-44-48-91-87(59-73)88-60-74(84-41-22-18-27-64(84)2)45-49-92(88)107(91)81-55-77(53-79(57-81)99-103-95(67-30-9-5-10-31-67)101-96(104-99)68-32-11-6-12-33-68)71-38-25-39-72(52-71)78-54-80(100-105-97(69-34-13-7-14-35-69)102-98(106-100)70-36-15-8-16-37-70)58-82(56-78)108-93-50-46-75(85-42-23-19-28-65(85)3)61-89(93)90-62-76(47-51-94(90)108)86-43-24-20-29-66(86)4/h5-62H,1-4H3. The van der Waals surface area contributed by atoms with Crippen LogP contribution in [0, 0.1) is 27.7 Å². The predicted octanol–water partition coefficient (Wildman–Crippen LogP) is 25.5. The Morgan fingerprint density at radius 1 is 0.167 bits per heavy atom. The van der Waals surface area contributed by atoms with E-state index in [-0.39, 0.29) is 0 Å². The fourth-order valence-corrected chi connectivity index (χ4v) is 15.7. The lowest BCUT2D eigenvalue weighted by Gasteiger charge is -2.16. The van der Waals surface area contributed by atoms with Gasteiger partial charge >= 0.3 is 0 Å². The summed E-state index contributed by atoms with van der Waals surface area (Å²) in [5.74, 6) is 3.43. The van der Waals surface area contributed by atoms with Gasteiger partial charge in [-0.3, -0.25) is 0 Å². The summed E-state index contributed by atoms with van der Waals surface area (Å²) in [5, 5.41) is 4.59. The molecule has 19 rings (SSSR count). The van der Waals surface area contributed by atoms with E-state index in [1.54, 1.807) is 0 Å². The maximum atomic E-state index is 5.42. The van der Waals surface area contributed by atoms with Crippen LogP contribution in [-0.2, 0) is 0 Å². The van der Waals surface area contributed by atoms with Gasteiger partial charge in [-0.25, -0.2) is 29.9 Å². The van der Waals surface area contributed by atoms with E-state index in [9.17, 15) is 0 Å². The van der Waals surface area contributed by atoms with Crippen molar-refractivity contribution in [1.82, 2.24) is 39.0 Å². The maximum absolute atomic E-state index is 5.42. The highest BCUT2D eigenvalue weighted by Gasteiger charge is 2.24. The third-order valence-corrected chi connectivity index (χ3v) is 21.2. The van der Waals surface area contributed by atoms with E-state index in [1.807, 2.05) is 72.8 Å². The molecular weight excluding hydrogens is 1310 g/mol. The van der Waals surface area contributed by atoms with Crippen molar-refractivity contribution in [2.24, 2.45) is 0 Å². The summed E-state index contributed by atoms with van der Waals surface area (Å²) in [7, 11) is 0. The van der Waals surface area contributed by atoms with E-state index in [4.69, 9.17) is 29.9 Å². The minimum Gasteiger partial charge on any atom is -0.309 e. The third kappa shape index (κ3) is 12.0. The first-order valence-corrected chi connectivity index (χ1v) is 36.7. The largest absolute Gasteiger partial charge is 0.309 e. The number of hydrogen-bond donors (Lipinski definition) is 0. The lowest BCUT2D eigenvalue weighted by molar-refractivity contribution is 1.07. The highest BCUT2D eigenvalue weighted by atomic mass is 15.1. The first-order valence-electron chi connectivity index (χ1n) is 36.7. The normalized spacial score (nSPS) is 11.5. The molecule has 510 valence electrons. The van der Waals surface area contributed by atoms with Crippen LogP contribution in [0.2, 0.25) is 0 Å². The molecule has 8 heteroatoms. The summed E-state index contributed by atoms with van der Waals surface area (Å²) in [6, 6.07) is 126. The van der Waals surface area contributed by atoms with Crippen molar-refractivity contribution in [3.63, 3.8) is 0 Å². The number of hydrogen-bond acceptors (Lipinski definition) is 6. The van der Waals surface area contributed by atoms with Crippen LogP contribution in [0.25, 0.3) is 190 Å². The maximum Gasteiger partial charge on any atom is 0.164 e. The second kappa shape index (κ2) is 27.2. The fraction of sp³-hybridized carbons (Fsp3) is 0.0400. The minimum atomic E-state index is 0.550. The van der Waals surface area contributed by atoms with Crippen LogP contribution in [-0.4, -0.2) is 39.0 Å². The van der Waals surface area contributed by atoms with Crippen LogP contribution in [0.1, 0.15) is 22.3 Å². The van der Waals surface area contributed by atoms with Gasteiger partial charge in [0.2, 0.25) is 0 Å². The SMILES string of the molecule is Cc1ccccc1-c1ccc2c(c1)c1cc(-c3ccccc3C)ccc1n2-c1cc(-c2cccc(-c3cc(-c4nc(-c5ccccc5)nc(-c5ccccc5)n4)cc(-n4c5ccc(-c6ccccc6C)cc5c5cc(-c6ccccc6C)ccc54)c3)c2)cc(-c2nc(-c3ccccc3)nc(-c3ccccc3)n2)c1. The van der Waals surface area contributed by atoms with Gasteiger partial charge in [-0.1, -0.05) is 261 Å². The molecule has 0 unspecified atom stereocenters. The lowest BCUT2D eigenvalue weighted by atomic mass is 9.95. The molecule has 0 bridgehead atoms. The quantitative estimate of drug-likeness (QED) is 0.108. The van der Waals surface area contributed by atoms with Gasteiger partial charge in [-0.15, -0.1) is 0 Å². The molecule has 0 fully saturated rings. The first kappa shape index (κ1) is 64.7. The van der Waals surface area contributed by atoms with E-state index in [1.165, 1.54) is 44.5 Å². The average Bonchev–Trinajstić information content (AvgIpc) is 1.58. The topological polar surface area (TPSA) is 87.2 Å². The molecule has 4 aromatic heterocycles. The van der Waals surface area contributed by atoms with Crippen LogP contribution in [0.3, 0.4) is 0 Å². The smallest absolute Gasteiger partial charge is 0.164 e. The molecule has 0 aliphatic heterocycles. The molecular formula is C100H70N8. The molecule has 15 aromatic carbocycles. The van der Waals surface area contributed by atoms with Crippen molar-refractivity contribution in [2.75, 3.05) is 0 Å². The molecule has 108 heavy (non-hydrogen) atoms. The Morgan fingerprint density at radius 2 is 0.389 bits per heavy atom.